The van der Waals surface area contributed by atoms with Crippen LogP contribution in [0.25, 0.3) is 10.9 Å². The maximum absolute atomic E-state index is 5.97. The summed E-state index contributed by atoms with van der Waals surface area (Å²) < 4.78 is 5.39. The van der Waals surface area contributed by atoms with Crippen LogP contribution in [-0.2, 0) is 4.74 Å². The van der Waals surface area contributed by atoms with E-state index in [1.54, 1.807) is 6.20 Å². The van der Waals surface area contributed by atoms with Gasteiger partial charge in [-0.1, -0.05) is 0 Å². The second-order valence-electron chi connectivity index (χ2n) is 4.64. The molecule has 1 aliphatic heterocycles. The lowest BCUT2D eigenvalue weighted by Gasteiger charge is -2.29. The zero-order valence-corrected chi connectivity index (χ0v) is 11.0. The van der Waals surface area contributed by atoms with Crippen molar-refractivity contribution in [2.75, 3.05) is 49.3 Å². The van der Waals surface area contributed by atoms with Gasteiger partial charge in [-0.15, -0.1) is 0 Å². The maximum Gasteiger partial charge on any atom is 0.0742 e. The van der Waals surface area contributed by atoms with Gasteiger partial charge in [0, 0.05) is 31.2 Å². The first-order valence-electron chi connectivity index (χ1n) is 6.48. The van der Waals surface area contributed by atoms with Gasteiger partial charge in [-0.2, -0.15) is 0 Å². The number of morpholine rings is 1. The van der Waals surface area contributed by atoms with Gasteiger partial charge in [0.2, 0.25) is 0 Å². The summed E-state index contributed by atoms with van der Waals surface area (Å²) in [5.74, 6) is 0. The van der Waals surface area contributed by atoms with Gasteiger partial charge in [0.1, 0.15) is 0 Å². The van der Waals surface area contributed by atoms with E-state index >= 15 is 0 Å². The number of aromatic nitrogens is 1. The molecule has 1 fully saturated rings. The van der Waals surface area contributed by atoms with Crippen LogP contribution in [0.4, 0.5) is 17.1 Å². The van der Waals surface area contributed by atoms with E-state index in [1.807, 2.05) is 13.1 Å². The molecule has 2 heterocycles. The van der Waals surface area contributed by atoms with E-state index in [-0.39, 0.29) is 0 Å². The number of nitrogens with one attached hydrogen (secondary N) is 1. The Morgan fingerprint density at radius 2 is 2.11 bits per heavy atom. The third-order valence-electron chi connectivity index (χ3n) is 3.51. The molecule has 0 aliphatic carbocycles. The summed E-state index contributed by atoms with van der Waals surface area (Å²) in [7, 11) is 1.88. The van der Waals surface area contributed by atoms with Crippen LogP contribution in [0.15, 0.2) is 24.4 Å². The highest BCUT2D eigenvalue weighted by Crippen LogP contribution is 2.30. The van der Waals surface area contributed by atoms with Gasteiger partial charge in [-0.25, -0.2) is 0 Å². The molecule has 5 heteroatoms. The molecule has 3 rings (SSSR count). The summed E-state index contributed by atoms with van der Waals surface area (Å²) in [4.78, 5) is 6.69. The van der Waals surface area contributed by atoms with Gasteiger partial charge < -0.3 is 20.7 Å². The Morgan fingerprint density at radius 1 is 1.32 bits per heavy atom. The molecule has 0 bridgehead atoms. The van der Waals surface area contributed by atoms with E-state index in [4.69, 9.17) is 10.5 Å². The van der Waals surface area contributed by atoms with Crippen molar-refractivity contribution >= 4 is 28.0 Å². The summed E-state index contributed by atoms with van der Waals surface area (Å²) in [6.45, 7) is 3.42. The summed E-state index contributed by atoms with van der Waals surface area (Å²) >= 11 is 0. The Kier molecular flexibility index (Phi) is 3.13. The van der Waals surface area contributed by atoms with Gasteiger partial charge in [0.15, 0.2) is 0 Å². The van der Waals surface area contributed by atoms with Crippen molar-refractivity contribution in [1.82, 2.24) is 4.98 Å². The molecule has 19 heavy (non-hydrogen) atoms. The SMILES string of the molecule is CNc1c(N)cnc2ccc(N3CCOCC3)cc12. The second-order valence-corrected chi connectivity index (χ2v) is 4.64. The topological polar surface area (TPSA) is 63.4 Å². The molecule has 0 spiro atoms. The number of fused-ring (bicyclic) bond motifs is 1. The number of anilines is 3. The molecular weight excluding hydrogens is 240 g/mol. The molecule has 1 saturated heterocycles. The third-order valence-corrected chi connectivity index (χ3v) is 3.51. The minimum Gasteiger partial charge on any atom is -0.396 e. The van der Waals surface area contributed by atoms with Gasteiger partial charge >= 0.3 is 0 Å². The summed E-state index contributed by atoms with van der Waals surface area (Å²) in [6.07, 6.45) is 1.70. The molecule has 1 aliphatic rings. The molecule has 2 aromatic rings. The Morgan fingerprint density at radius 3 is 2.84 bits per heavy atom. The molecule has 0 radical (unpaired) electrons. The molecule has 5 nitrogen and oxygen atoms in total. The molecular formula is C14H18N4O. The van der Waals surface area contributed by atoms with Crippen molar-refractivity contribution in [3.63, 3.8) is 0 Å². The van der Waals surface area contributed by atoms with Crippen molar-refractivity contribution in [3.05, 3.63) is 24.4 Å². The number of pyridine rings is 1. The smallest absolute Gasteiger partial charge is 0.0742 e. The van der Waals surface area contributed by atoms with Crippen LogP contribution in [0.1, 0.15) is 0 Å². The predicted molar refractivity (Wildman–Crippen MR) is 78.7 cm³/mol. The quantitative estimate of drug-likeness (QED) is 0.858. The summed E-state index contributed by atoms with van der Waals surface area (Å²) in [5.41, 5.74) is 9.74. The van der Waals surface area contributed by atoms with Gasteiger partial charge in [-0.05, 0) is 18.2 Å². The fraction of sp³-hybridized carbons (Fsp3) is 0.357. The highest BCUT2D eigenvalue weighted by molar-refractivity contribution is 5.98. The van der Waals surface area contributed by atoms with Crippen LogP contribution in [0.3, 0.4) is 0 Å². The fourth-order valence-electron chi connectivity index (χ4n) is 2.49. The minimum atomic E-state index is 0.675. The second kappa shape index (κ2) is 4.93. The van der Waals surface area contributed by atoms with Crippen LogP contribution in [-0.4, -0.2) is 38.3 Å². The standard InChI is InChI=1S/C14H18N4O/c1-16-14-11-8-10(18-4-6-19-7-5-18)2-3-13(11)17-9-12(14)15/h2-3,8-9H,4-7,15H2,1H3,(H,16,17). The number of rotatable bonds is 2. The number of benzene rings is 1. The lowest BCUT2D eigenvalue weighted by molar-refractivity contribution is 0.122. The first-order valence-corrected chi connectivity index (χ1v) is 6.48. The van der Waals surface area contributed by atoms with Crippen LogP contribution >= 0.6 is 0 Å². The van der Waals surface area contributed by atoms with Crippen molar-refractivity contribution < 1.29 is 4.74 Å². The maximum atomic E-state index is 5.97. The molecule has 0 atom stereocenters. The molecule has 0 unspecified atom stereocenters. The normalized spacial score (nSPS) is 15.7. The number of nitrogens with two attached hydrogens (primary N) is 1. The van der Waals surface area contributed by atoms with E-state index in [0.29, 0.717) is 5.69 Å². The monoisotopic (exact) mass is 258 g/mol. The molecule has 1 aromatic carbocycles. The number of hydrogen-bond donors (Lipinski definition) is 2. The van der Waals surface area contributed by atoms with Gasteiger partial charge in [-0.3, -0.25) is 4.98 Å². The van der Waals surface area contributed by atoms with Crippen molar-refractivity contribution in [3.8, 4) is 0 Å². The van der Waals surface area contributed by atoms with E-state index in [0.717, 1.165) is 42.9 Å². The Balaban J connectivity index is 2.08. The van der Waals surface area contributed by atoms with E-state index in [1.165, 1.54) is 5.69 Å². The highest BCUT2D eigenvalue weighted by atomic mass is 16.5. The molecule has 3 N–H and O–H groups in total. The molecule has 100 valence electrons. The van der Waals surface area contributed by atoms with E-state index < -0.39 is 0 Å². The number of nitrogen functional groups attached to an aromatic ring is 1. The molecule has 1 aromatic heterocycles. The zero-order chi connectivity index (χ0) is 13.2. The Bertz CT molecular complexity index is 593. The lowest BCUT2D eigenvalue weighted by atomic mass is 10.1. The van der Waals surface area contributed by atoms with Crippen molar-refractivity contribution in [2.24, 2.45) is 0 Å². The largest absolute Gasteiger partial charge is 0.396 e. The number of hydrogen-bond acceptors (Lipinski definition) is 5. The minimum absolute atomic E-state index is 0.675. The van der Waals surface area contributed by atoms with Crippen molar-refractivity contribution in [2.45, 2.75) is 0 Å². The van der Waals surface area contributed by atoms with Crippen LogP contribution < -0.4 is 16.0 Å². The first kappa shape index (κ1) is 12.0. The first-order chi connectivity index (χ1) is 9.29. The molecule has 0 saturated carbocycles. The third kappa shape index (κ3) is 2.17. The summed E-state index contributed by atoms with van der Waals surface area (Å²) in [6, 6.07) is 6.30. The van der Waals surface area contributed by atoms with Gasteiger partial charge in [0.05, 0.1) is 36.3 Å². The van der Waals surface area contributed by atoms with Crippen LogP contribution in [0, 0.1) is 0 Å². The highest BCUT2D eigenvalue weighted by Gasteiger charge is 2.13. The summed E-state index contributed by atoms with van der Waals surface area (Å²) in [5, 5.41) is 4.22. The molecule has 0 amide bonds. The zero-order valence-electron chi connectivity index (χ0n) is 11.0. The number of nitrogens with zero attached hydrogens (tertiary/aromatic N) is 2. The van der Waals surface area contributed by atoms with Gasteiger partial charge in [0.25, 0.3) is 0 Å². The van der Waals surface area contributed by atoms with E-state index in [9.17, 15) is 0 Å². The van der Waals surface area contributed by atoms with E-state index in [2.05, 4.69) is 27.3 Å². The fourth-order valence-corrected chi connectivity index (χ4v) is 2.49. The van der Waals surface area contributed by atoms with Crippen LogP contribution in [0.2, 0.25) is 0 Å². The Labute approximate surface area is 112 Å². The van der Waals surface area contributed by atoms with Crippen LogP contribution in [0.5, 0.6) is 0 Å². The van der Waals surface area contributed by atoms with Crippen molar-refractivity contribution in [1.29, 1.82) is 0 Å². The average molecular weight is 258 g/mol. The predicted octanol–water partition coefficient (Wildman–Crippen LogP) is 1.70. The number of ether oxygens (including phenoxy) is 1. The Hall–Kier alpha value is -2.01. The average Bonchev–Trinajstić information content (AvgIpc) is 2.47. The lowest BCUT2D eigenvalue weighted by Crippen LogP contribution is -2.36.